The van der Waals surface area contributed by atoms with Crippen LogP contribution in [0.15, 0.2) is 4.52 Å². The number of rotatable bonds is 2. The van der Waals surface area contributed by atoms with E-state index in [1.165, 1.54) is 19.3 Å². The predicted octanol–water partition coefficient (Wildman–Crippen LogP) is 2.18. The van der Waals surface area contributed by atoms with Crippen LogP contribution in [0, 0.1) is 5.92 Å². The Bertz CT molecular complexity index is 322. The third kappa shape index (κ3) is 1.69. The summed E-state index contributed by atoms with van der Waals surface area (Å²) in [7, 11) is 0. The minimum absolute atomic E-state index is 0.0952. The predicted molar refractivity (Wildman–Crippen MR) is 50.1 cm³/mol. The Hall–Kier alpha value is -1.19. The molecule has 1 fully saturated rings. The molecular weight excluding hydrogens is 180 g/mol. The molecule has 0 radical (unpaired) electrons. The van der Waals surface area contributed by atoms with Gasteiger partial charge in [-0.25, -0.2) is 0 Å². The lowest BCUT2D eigenvalue weighted by atomic mass is 9.80. The van der Waals surface area contributed by atoms with Gasteiger partial charge in [-0.1, -0.05) is 31.3 Å². The topological polar surface area (TPSA) is 56.0 Å². The van der Waals surface area contributed by atoms with Gasteiger partial charge in [-0.3, -0.25) is 4.79 Å². The van der Waals surface area contributed by atoms with E-state index in [0.717, 1.165) is 6.42 Å². The van der Waals surface area contributed by atoms with E-state index in [2.05, 4.69) is 17.1 Å². The first-order valence-electron chi connectivity index (χ1n) is 5.10. The fraction of sp³-hybridized carbons (Fsp3) is 0.700. The summed E-state index contributed by atoms with van der Waals surface area (Å²) >= 11 is 0. The van der Waals surface area contributed by atoms with Gasteiger partial charge < -0.3 is 4.52 Å². The second-order valence-electron chi connectivity index (χ2n) is 3.98. The molecule has 1 aliphatic carbocycles. The monoisotopic (exact) mass is 194 g/mol. The van der Waals surface area contributed by atoms with Crippen molar-refractivity contribution in [2.24, 2.45) is 5.92 Å². The molecule has 4 nitrogen and oxygen atoms in total. The van der Waals surface area contributed by atoms with Gasteiger partial charge >= 0.3 is 0 Å². The van der Waals surface area contributed by atoms with Gasteiger partial charge in [-0.2, -0.15) is 4.98 Å². The molecule has 1 saturated carbocycles. The first kappa shape index (κ1) is 9.37. The maximum atomic E-state index is 10.4. The van der Waals surface area contributed by atoms with E-state index in [1.54, 1.807) is 0 Å². The molecule has 0 amide bonds. The number of hydrogen-bond donors (Lipinski definition) is 0. The zero-order valence-electron chi connectivity index (χ0n) is 8.27. The summed E-state index contributed by atoms with van der Waals surface area (Å²) in [4.78, 5) is 14.4. The van der Waals surface area contributed by atoms with Crippen LogP contribution in [0.4, 0.5) is 0 Å². The zero-order valence-corrected chi connectivity index (χ0v) is 8.27. The average Bonchev–Trinajstić information content (AvgIpc) is 2.67. The highest BCUT2D eigenvalue weighted by molar-refractivity contribution is 5.66. The van der Waals surface area contributed by atoms with E-state index in [1.807, 2.05) is 0 Å². The Labute approximate surface area is 82.7 Å². The Kier molecular flexibility index (Phi) is 2.61. The molecule has 0 saturated heterocycles. The van der Waals surface area contributed by atoms with Gasteiger partial charge in [0.15, 0.2) is 5.82 Å². The molecule has 76 valence electrons. The van der Waals surface area contributed by atoms with E-state index in [4.69, 9.17) is 4.52 Å². The summed E-state index contributed by atoms with van der Waals surface area (Å²) in [5.41, 5.74) is 0. The molecule has 0 aliphatic heterocycles. The largest absolute Gasteiger partial charge is 0.331 e. The van der Waals surface area contributed by atoms with Gasteiger partial charge in [0.1, 0.15) is 0 Å². The van der Waals surface area contributed by atoms with Crippen LogP contribution in [0.25, 0.3) is 0 Å². The molecule has 0 N–H and O–H groups in total. The number of aromatic nitrogens is 2. The van der Waals surface area contributed by atoms with Crippen LogP contribution in [0.1, 0.15) is 55.0 Å². The summed E-state index contributed by atoms with van der Waals surface area (Å²) in [6.45, 7) is 2.21. The Morgan fingerprint density at radius 1 is 1.43 bits per heavy atom. The number of carbonyl (C=O) groups is 1. The minimum Gasteiger partial charge on any atom is -0.331 e. The van der Waals surface area contributed by atoms with E-state index in [9.17, 15) is 4.79 Å². The number of carbonyl (C=O) groups excluding carboxylic acids is 1. The molecule has 0 spiro atoms. The maximum Gasteiger partial charge on any atom is 0.290 e. The van der Waals surface area contributed by atoms with Gasteiger partial charge in [0.25, 0.3) is 5.89 Å². The van der Waals surface area contributed by atoms with Crippen molar-refractivity contribution in [2.45, 2.75) is 38.5 Å². The smallest absolute Gasteiger partial charge is 0.290 e. The highest BCUT2D eigenvalue weighted by Crippen LogP contribution is 2.35. The zero-order chi connectivity index (χ0) is 9.97. The van der Waals surface area contributed by atoms with E-state index >= 15 is 0 Å². The molecule has 0 aromatic carbocycles. The van der Waals surface area contributed by atoms with Crippen molar-refractivity contribution in [1.29, 1.82) is 0 Å². The number of hydrogen-bond acceptors (Lipinski definition) is 4. The van der Waals surface area contributed by atoms with Gasteiger partial charge in [0, 0.05) is 5.92 Å². The Morgan fingerprint density at radius 3 is 2.86 bits per heavy atom. The van der Waals surface area contributed by atoms with E-state index in [-0.39, 0.29) is 5.89 Å². The molecule has 1 heterocycles. The van der Waals surface area contributed by atoms with Crippen LogP contribution in [0.2, 0.25) is 0 Å². The average molecular weight is 194 g/mol. The summed E-state index contributed by atoms with van der Waals surface area (Å²) in [6, 6.07) is 0. The van der Waals surface area contributed by atoms with Crippen LogP contribution in [-0.2, 0) is 0 Å². The van der Waals surface area contributed by atoms with E-state index in [0.29, 0.717) is 23.9 Å². The lowest BCUT2D eigenvalue weighted by Gasteiger charge is -2.25. The van der Waals surface area contributed by atoms with Gasteiger partial charge in [0.05, 0.1) is 0 Å². The molecule has 2 atom stereocenters. The van der Waals surface area contributed by atoms with Crippen molar-refractivity contribution in [3.05, 3.63) is 11.7 Å². The first-order chi connectivity index (χ1) is 6.81. The first-order valence-corrected chi connectivity index (χ1v) is 5.10. The lowest BCUT2D eigenvalue weighted by Crippen LogP contribution is -2.16. The standard InChI is InChI=1S/C10H14N2O2/c1-7-4-2-3-5-8(7)10-11-9(6-13)14-12-10/h6-8H,2-5H2,1H3. The summed E-state index contributed by atoms with van der Waals surface area (Å²) in [5, 5.41) is 3.84. The van der Waals surface area contributed by atoms with Crippen molar-refractivity contribution in [1.82, 2.24) is 10.1 Å². The highest BCUT2D eigenvalue weighted by Gasteiger charge is 2.26. The normalized spacial score (nSPS) is 27.5. The van der Waals surface area contributed by atoms with Crippen LogP contribution < -0.4 is 0 Å². The molecule has 14 heavy (non-hydrogen) atoms. The molecular formula is C10H14N2O2. The minimum atomic E-state index is 0.0952. The fourth-order valence-corrected chi connectivity index (χ4v) is 2.15. The quantitative estimate of drug-likeness (QED) is 0.677. The van der Waals surface area contributed by atoms with Crippen molar-refractivity contribution < 1.29 is 9.32 Å². The summed E-state index contributed by atoms with van der Waals surface area (Å²) in [6.07, 6.45) is 5.44. The van der Waals surface area contributed by atoms with Gasteiger partial charge in [-0.05, 0) is 12.3 Å². The van der Waals surface area contributed by atoms with Crippen molar-refractivity contribution in [3.63, 3.8) is 0 Å². The maximum absolute atomic E-state index is 10.4. The molecule has 0 bridgehead atoms. The van der Waals surface area contributed by atoms with Gasteiger partial charge in [-0.15, -0.1) is 0 Å². The van der Waals surface area contributed by atoms with Crippen molar-refractivity contribution >= 4 is 6.29 Å². The van der Waals surface area contributed by atoms with E-state index < -0.39 is 0 Å². The molecule has 1 aliphatic rings. The van der Waals surface area contributed by atoms with Gasteiger partial charge in [0.2, 0.25) is 6.29 Å². The van der Waals surface area contributed by atoms with Crippen molar-refractivity contribution in [2.75, 3.05) is 0 Å². The second kappa shape index (κ2) is 3.90. The fourth-order valence-electron chi connectivity index (χ4n) is 2.15. The van der Waals surface area contributed by atoms with Crippen molar-refractivity contribution in [3.8, 4) is 0 Å². The Morgan fingerprint density at radius 2 is 2.21 bits per heavy atom. The third-order valence-corrected chi connectivity index (χ3v) is 3.00. The lowest BCUT2D eigenvalue weighted by molar-refractivity contribution is 0.108. The molecule has 2 unspecified atom stereocenters. The van der Waals surface area contributed by atoms with Crippen LogP contribution in [-0.4, -0.2) is 16.4 Å². The second-order valence-corrected chi connectivity index (χ2v) is 3.98. The number of nitrogens with zero attached hydrogens (tertiary/aromatic N) is 2. The highest BCUT2D eigenvalue weighted by atomic mass is 16.5. The summed E-state index contributed by atoms with van der Waals surface area (Å²) < 4.78 is 4.79. The summed E-state index contributed by atoms with van der Waals surface area (Å²) in [5.74, 6) is 1.78. The SMILES string of the molecule is CC1CCCCC1c1noc(C=O)n1. The number of aldehydes is 1. The third-order valence-electron chi connectivity index (χ3n) is 3.00. The molecule has 2 rings (SSSR count). The molecule has 4 heteroatoms. The van der Waals surface area contributed by atoms with Crippen LogP contribution in [0.3, 0.4) is 0 Å². The Balaban J connectivity index is 2.16. The molecule has 1 aromatic rings. The van der Waals surface area contributed by atoms with Crippen LogP contribution in [0.5, 0.6) is 0 Å². The molecule has 1 aromatic heterocycles. The van der Waals surface area contributed by atoms with Crippen LogP contribution >= 0.6 is 0 Å².